The molecule has 0 saturated heterocycles. The highest BCUT2D eigenvalue weighted by atomic mass is 16.5. The average Bonchev–Trinajstić information content (AvgIpc) is 3.91. The molecule has 0 amide bonds. The van der Waals surface area contributed by atoms with Crippen LogP contribution in [-0.4, -0.2) is 0 Å². The van der Waals surface area contributed by atoms with E-state index in [-0.39, 0.29) is 0 Å². The zero-order chi connectivity index (χ0) is 46.7. The van der Waals surface area contributed by atoms with E-state index in [0.717, 1.165) is 67.9 Å². The fourth-order valence-electron chi connectivity index (χ4n) is 12.9. The molecule has 2 heterocycles. The van der Waals surface area contributed by atoms with Crippen molar-refractivity contribution in [3.63, 3.8) is 0 Å². The maximum absolute atomic E-state index is 6.70. The van der Waals surface area contributed by atoms with Gasteiger partial charge in [0.25, 0.3) is 0 Å². The molecule has 0 saturated carbocycles. The lowest BCUT2D eigenvalue weighted by Gasteiger charge is -2.39. The van der Waals surface area contributed by atoms with E-state index < -0.39 is 10.8 Å². The normalized spacial score (nSPS) is 14.1. The number of fused-ring (bicyclic) bond motifs is 18. The third kappa shape index (κ3) is 5.43. The maximum atomic E-state index is 6.70. The summed E-state index contributed by atoms with van der Waals surface area (Å²) in [7, 11) is 0. The summed E-state index contributed by atoms with van der Waals surface area (Å²) in [5.41, 5.74) is 21.5. The highest BCUT2D eigenvalue weighted by Crippen LogP contribution is 2.65. The van der Waals surface area contributed by atoms with Gasteiger partial charge in [0.05, 0.1) is 16.5 Å². The summed E-state index contributed by atoms with van der Waals surface area (Å²) in [6.45, 7) is 0. The third-order valence-corrected chi connectivity index (χ3v) is 15.6. The summed E-state index contributed by atoms with van der Waals surface area (Å²) in [4.78, 5) is 2.46. The molecule has 0 atom stereocenters. The number of hydrogen-bond donors (Lipinski definition) is 0. The standard InChI is InChI=1S/C68H43NO2/c1-2-18-44(19-3-1)45-36-40-47(41-37-45)69(60-31-17-30-59-66(60)51-21-5-7-24-53(51)68(59)56-27-10-14-34-63(56)71-64-35-15-11-28-57(64)68)48-42-38-46(39-43-48)49-22-16-29-58-65(49)50-20-4-6-23-52(50)67(58)54-25-8-12-32-61(54)70-62-33-13-9-26-55(62)67/h1-43H. The second-order valence-corrected chi connectivity index (χ2v) is 19.0. The Morgan fingerprint density at radius 2 is 0.592 bits per heavy atom. The third-order valence-electron chi connectivity index (χ3n) is 15.6. The molecule has 15 rings (SSSR count). The number of rotatable bonds is 5. The van der Waals surface area contributed by atoms with Crippen LogP contribution in [0.15, 0.2) is 261 Å². The molecule has 332 valence electrons. The van der Waals surface area contributed by atoms with Gasteiger partial charge in [-0.25, -0.2) is 0 Å². The minimum atomic E-state index is -0.590. The second-order valence-electron chi connectivity index (χ2n) is 19.0. The van der Waals surface area contributed by atoms with Crippen LogP contribution < -0.4 is 14.4 Å². The van der Waals surface area contributed by atoms with E-state index >= 15 is 0 Å². The van der Waals surface area contributed by atoms with Crippen LogP contribution in [0.1, 0.15) is 44.5 Å². The first-order valence-electron chi connectivity index (χ1n) is 24.5. The second kappa shape index (κ2) is 15.2. The Hall–Kier alpha value is -9.18. The van der Waals surface area contributed by atoms with E-state index in [9.17, 15) is 0 Å². The molecule has 0 N–H and O–H groups in total. The van der Waals surface area contributed by atoms with Gasteiger partial charge in [0, 0.05) is 39.2 Å². The van der Waals surface area contributed by atoms with Crippen molar-refractivity contribution in [1.82, 2.24) is 0 Å². The van der Waals surface area contributed by atoms with Crippen molar-refractivity contribution in [2.75, 3.05) is 4.90 Å². The summed E-state index contributed by atoms with van der Waals surface area (Å²) in [6, 6.07) is 95.0. The molecule has 71 heavy (non-hydrogen) atoms. The first-order chi connectivity index (χ1) is 35.2. The minimum Gasteiger partial charge on any atom is -0.457 e. The Labute approximate surface area is 413 Å². The fraction of sp³-hybridized carbons (Fsp3) is 0.0294. The Kier molecular flexibility index (Phi) is 8.49. The highest BCUT2D eigenvalue weighted by Gasteiger charge is 2.53. The van der Waals surface area contributed by atoms with E-state index in [0.29, 0.717) is 0 Å². The smallest absolute Gasteiger partial charge is 0.132 e. The number of anilines is 3. The van der Waals surface area contributed by atoms with Crippen LogP contribution in [0, 0.1) is 0 Å². The first kappa shape index (κ1) is 39.8. The van der Waals surface area contributed by atoms with E-state index in [1.54, 1.807) is 0 Å². The lowest BCUT2D eigenvalue weighted by molar-refractivity contribution is 0.436. The van der Waals surface area contributed by atoms with Crippen LogP contribution in [-0.2, 0) is 10.8 Å². The topological polar surface area (TPSA) is 21.7 Å². The molecule has 11 aromatic rings. The van der Waals surface area contributed by atoms with Crippen LogP contribution in [0.25, 0.3) is 44.5 Å². The van der Waals surface area contributed by atoms with Gasteiger partial charge in [-0.3, -0.25) is 0 Å². The molecular weight excluding hydrogens is 863 g/mol. The van der Waals surface area contributed by atoms with Crippen molar-refractivity contribution < 1.29 is 9.47 Å². The maximum Gasteiger partial charge on any atom is 0.132 e. The molecule has 0 bridgehead atoms. The Bertz CT molecular complexity index is 3860. The molecule has 3 heteroatoms. The molecule has 0 unspecified atom stereocenters. The number of nitrogens with zero attached hydrogens (tertiary/aromatic N) is 1. The number of hydrogen-bond acceptors (Lipinski definition) is 3. The molecule has 4 aliphatic rings. The summed E-state index contributed by atoms with van der Waals surface area (Å²) in [5.74, 6) is 3.56. The summed E-state index contributed by atoms with van der Waals surface area (Å²) < 4.78 is 13.3. The van der Waals surface area contributed by atoms with Gasteiger partial charge in [0.1, 0.15) is 23.0 Å². The lowest BCUT2D eigenvalue weighted by Crippen LogP contribution is -2.32. The lowest BCUT2D eigenvalue weighted by atomic mass is 9.66. The van der Waals surface area contributed by atoms with Gasteiger partial charge in [0.15, 0.2) is 0 Å². The van der Waals surface area contributed by atoms with Crippen molar-refractivity contribution in [2.24, 2.45) is 0 Å². The molecule has 3 nitrogen and oxygen atoms in total. The summed E-state index contributed by atoms with van der Waals surface area (Å²) in [5, 5.41) is 0. The van der Waals surface area contributed by atoms with Crippen LogP contribution in [0.5, 0.6) is 23.0 Å². The van der Waals surface area contributed by atoms with Crippen molar-refractivity contribution in [1.29, 1.82) is 0 Å². The van der Waals surface area contributed by atoms with E-state index in [4.69, 9.17) is 9.47 Å². The fourth-order valence-corrected chi connectivity index (χ4v) is 12.9. The summed E-state index contributed by atoms with van der Waals surface area (Å²) >= 11 is 0. The highest BCUT2D eigenvalue weighted by molar-refractivity contribution is 6.00. The largest absolute Gasteiger partial charge is 0.457 e. The van der Waals surface area contributed by atoms with Gasteiger partial charge in [-0.15, -0.1) is 0 Å². The quantitative estimate of drug-likeness (QED) is 0.172. The Morgan fingerprint density at radius 3 is 1.10 bits per heavy atom. The number of ether oxygens (including phenoxy) is 2. The molecule has 2 aliphatic heterocycles. The first-order valence-corrected chi connectivity index (χ1v) is 24.5. The van der Waals surface area contributed by atoms with Gasteiger partial charge in [-0.2, -0.15) is 0 Å². The van der Waals surface area contributed by atoms with Crippen molar-refractivity contribution in [3.05, 3.63) is 305 Å². The van der Waals surface area contributed by atoms with Crippen LogP contribution in [0.2, 0.25) is 0 Å². The molecular formula is C68H43NO2. The summed E-state index contributed by atoms with van der Waals surface area (Å²) in [6.07, 6.45) is 0. The van der Waals surface area contributed by atoms with Gasteiger partial charge in [-0.05, 0) is 116 Å². The Balaban J connectivity index is 0.934. The number of para-hydroxylation sites is 4. The molecule has 0 fully saturated rings. The molecule has 0 radical (unpaired) electrons. The molecule has 11 aromatic carbocycles. The van der Waals surface area contributed by atoms with E-state index in [2.05, 4.69) is 266 Å². The number of benzene rings is 11. The zero-order valence-electron chi connectivity index (χ0n) is 38.6. The monoisotopic (exact) mass is 905 g/mol. The van der Waals surface area contributed by atoms with Crippen molar-refractivity contribution in [2.45, 2.75) is 10.8 Å². The predicted molar refractivity (Wildman–Crippen MR) is 287 cm³/mol. The van der Waals surface area contributed by atoms with Gasteiger partial charge < -0.3 is 14.4 Å². The van der Waals surface area contributed by atoms with Gasteiger partial charge in [-0.1, -0.05) is 206 Å². The van der Waals surface area contributed by atoms with E-state index in [1.165, 1.54) is 61.2 Å². The molecule has 2 spiro atoms. The van der Waals surface area contributed by atoms with Crippen molar-refractivity contribution in [3.8, 4) is 67.5 Å². The van der Waals surface area contributed by atoms with Gasteiger partial charge >= 0.3 is 0 Å². The molecule has 2 aliphatic carbocycles. The van der Waals surface area contributed by atoms with Crippen molar-refractivity contribution >= 4 is 17.1 Å². The zero-order valence-corrected chi connectivity index (χ0v) is 38.6. The van der Waals surface area contributed by atoms with Crippen LogP contribution in [0.4, 0.5) is 17.1 Å². The molecule has 0 aromatic heterocycles. The van der Waals surface area contributed by atoms with Crippen LogP contribution in [0.3, 0.4) is 0 Å². The van der Waals surface area contributed by atoms with Crippen LogP contribution >= 0.6 is 0 Å². The average molecular weight is 906 g/mol. The Morgan fingerprint density at radius 1 is 0.239 bits per heavy atom. The minimum absolute atomic E-state index is 0.539. The van der Waals surface area contributed by atoms with E-state index in [1.807, 2.05) is 0 Å². The SMILES string of the molecule is c1ccc(-c2ccc(N(c3ccc(-c4cccc5c4-c4ccccc4C54c5ccccc5Oc5ccccc54)cc3)c3cccc4c3-c3ccccc3C43c4ccccc4Oc4ccccc43)cc2)cc1. The van der Waals surface area contributed by atoms with Gasteiger partial charge in [0.2, 0.25) is 0 Å². The predicted octanol–water partition coefficient (Wildman–Crippen LogP) is 17.4.